The Balaban J connectivity index is 1.33. The normalized spacial score (nSPS) is 17.2. The number of aliphatic carboxylic acids is 1. The molecule has 46 heavy (non-hydrogen) atoms. The molecule has 1 aromatic carbocycles. The summed E-state index contributed by atoms with van der Waals surface area (Å²) in [5.41, 5.74) is 2.27. The molecule has 2 aliphatic heterocycles. The monoisotopic (exact) mass is 654 g/mol. The predicted molar refractivity (Wildman–Crippen MR) is 175 cm³/mol. The summed E-state index contributed by atoms with van der Waals surface area (Å²) in [7, 11) is 1.63. The second kappa shape index (κ2) is 15.3. The molecule has 2 saturated heterocycles. The van der Waals surface area contributed by atoms with E-state index in [9.17, 15) is 19.1 Å². The number of nitrogens with zero attached hydrogens (tertiary/aromatic N) is 5. The Labute approximate surface area is 273 Å². The fourth-order valence-electron chi connectivity index (χ4n) is 6.10. The highest BCUT2D eigenvalue weighted by Gasteiger charge is 2.29. The standard InChI is InChI=1S/C33H43FN6O5S/c1-33(2)10-4-11-39(21-33)20-27-29(23-6-7-26(24(16-23)17-34)45-15-5-14-44-3)37-32(46-27)38-30(41)25-18-36-28(19-35-25)40-12-8-22(9-13-40)31(42)43/h6-7,16,18-19,22H,4-5,8-15,17,20-21H2,1-3H3,(H,42,43)(H,37,38,41). The van der Waals surface area contributed by atoms with Crippen molar-refractivity contribution in [2.75, 3.05) is 56.7 Å². The number of ether oxygens (including phenoxy) is 2. The van der Waals surface area contributed by atoms with E-state index in [1.54, 1.807) is 25.4 Å². The number of benzene rings is 1. The lowest BCUT2D eigenvalue weighted by Gasteiger charge is -2.37. The van der Waals surface area contributed by atoms with Crippen LogP contribution in [-0.4, -0.2) is 83.3 Å². The molecule has 0 saturated carbocycles. The van der Waals surface area contributed by atoms with Crippen LogP contribution in [0.4, 0.5) is 15.3 Å². The van der Waals surface area contributed by atoms with E-state index >= 15 is 0 Å². The van der Waals surface area contributed by atoms with Crippen molar-refractivity contribution in [3.05, 3.63) is 46.7 Å². The number of rotatable bonds is 13. The van der Waals surface area contributed by atoms with Crippen molar-refractivity contribution in [3.8, 4) is 17.0 Å². The fourth-order valence-corrected chi connectivity index (χ4v) is 7.12. The van der Waals surface area contributed by atoms with Gasteiger partial charge in [-0.1, -0.05) is 25.2 Å². The van der Waals surface area contributed by atoms with E-state index in [0.29, 0.717) is 80.1 Å². The quantitative estimate of drug-likeness (QED) is 0.223. The number of halogens is 1. The number of hydrogen-bond acceptors (Lipinski definition) is 10. The predicted octanol–water partition coefficient (Wildman–Crippen LogP) is 5.66. The molecule has 0 atom stereocenters. The van der Waals surface area contributed by atoms with Crippen molar-refractivity contribution < 1.29 is 28.6 Å². The lowest BCUT2D eigenvalue weighted by atomic mass is 9.84. The zero-order chi connectivity index (χ0) is 32.7. The number of piperidine rings is 2. The molecule has 2 fully saturated rings. The molecule has 0 aliphatic carbocycles. The Bertz CT molecular complexity index is 1490. The maximum atomic E-state index is 14.1. The molecule has 248 valence electrons. The van der Waals surface area contributed by atoms with Gasteiger partial charge in [0.15, 0.2) is 5.13 Å². The second-order valence-electron chi connectivity index (χ2n) is 12.7. The Morgan fingerprint density at radius 2 is 1.96 bits per heavy atom. The molecule has 1 amide bonds. The average molecular weight is 655 g/mol. The number of amides is 1. The highest BCUT2D eigenvalue weighted by Crippen LogP contribution is 2.37. The number of hydrogen-bond donors (Lipinski definition) is 2. The molecular weight excluding hydrogens is 611 g/mol. The molecular formula is C33H43FN6O5S. The van der Waals surface area contributed by atoms with E-state index in [-0.39, 0.29) is 17.0 Å². The number of alkyl halides is 1. The summed E-state index contributed by atoms with van der Waals surface area (Å²) in [6, 6.07) is 5.45. The Morgan fingerprint density at radius 3 is 2.63 bits per heavy atom. The lowest BCUT2D eigenvalue weighted by Crippen LogP contribution is -2.39. The molecule has 11 nitrogen and oxygen atoms in total. The molecule has 0 unspecified atom stereocenters. The van der Waals surface area contributed by atoms with E-state index in [1.807, 2.05) is 11.0 Å². The summed E-state index contributed by atoms with van der Waals surface area (Å²) in [6.07, 6.45) is 7.04. The van der Waals surface area contributed by atoms with Gasteiger partial charge in [0.2, 0.25) is 0 Å². The molecule has 2 N–H and O–H groups in total. The first-order valence-corrected chi connectivity index (χ1v) is 16.6. The van der Waals surface area contributed by atoms with E-state index in [2.05, 4.69) is 34.0 Å². The zero-order valence-corrected chi connectivity index (χ0v) is 27.6. The molecule has 0 spiro atoms. The molecule has 4 heterocycles. The molecule has 0 bridgehead atoms. The van der Waals surface area contributed by atoms with Crippen LogP contribution >= 0.6 is 11.3 Å². The number of aromatic nitrogens is 3. The topological polar surface area (TPSA) is 130 Å². The van der Waals surface area contributed by atoms with E-state index in [4.69, 9.17) is 14.5 Å². The third-order valence-corrected chi connectivity index (χ3v) is 9.49. The number of carboxylic acids is 1. The van der Waals surface area contributed by atoms with Gasteiger partial charge < -0.3 is 19.5 Å². The van der Waals surface area contributed by atoms with Gasteiger partial charge in [0, 0.05) is 62.3 Å². The van der Waals surface area contributed by atoms with Gasteiger partial charge in [0.05, 0.1) is 30.6 Å². The van der Waals surface area contributed by atoms with Crippen LogP contribution in [0.3, 0.4) is 0 Å². The van der Waals surface area contributed by atoms with Crippen LogP contribution in [0.15, 0.2) is 30.6 Å². The first-order valence-electron chi connectivity index (χ1n) is 15.8. The van der Waals surface area contributed by atoms with Gasteiger partial charge >= 0.3 is 5.97 Å². The Hall–Kier alpha value is -3.68. The van der Waals surface area contributed by atoms with Gasteiger partial charge in [-0.05, 0) is 55.8 Å². The van der Waals surface area contributed by atoms with Crippen molar-refractivity contribution in [2.45, 2.75) is 59.2 Å². The highest BCUT2D eigenvalue weighted by atomic mass is 32.1. The van der Waals surface area contributed by atoms with Crippen LogP contribution < -0.4 is 15.0 Å². The van der Waals surface area contributed by atoms with Gasteiger partial charge in [-0.25, -0.2) is 19.3 Å². The maximum absolute atomic E-state index is 14.1. The number of thiazole rings is 1. The minimum atomic E-state index is -0.770. The van der Waals surface area contributed by atoms with E-state index in [0.717, 1.165) is 30.0 Å². The number of carbonyl (C=O) groups is 2. The van der Waals surface area contributed by atoms with Crippen molar-refractivity contribution in [1.82, 2.24) is 19.9 Å². The van der Waals surface area contributed by atoms with E-state index < -0.39 is 18.6 Å². The molecule has 3 aromatic rings. The SMILES string of the molecule is COCCCOc1ccc(-c2nc(NC(=O)c3cnc(N4CCC(C(=O)O)CC4)cn3)sc2CN2CCCC(C)(C)C2)cc1CF. The first-order chi connectivity index (χ1) is 22.2. The minimum absolute atomic E-state index is 0.148. The summed E-state index contributed by atoms with van der Waals surface area (Å²) in [5.74, 6) is -0.436. The summed E-state index contributed by atoms with van der Waals surface area (Å²) >= 11 is 1.41. The largest absolute Gasteiger partial charge is 0.493 e. The van der Waals surface area contributed by atoms with E-state index in [1.165, 1.54) is 24.0 Å². The first kappa shape index (κ1) is 33.7. The van der Waals surface area contributed by atoms with Gasteiger partial charge in [-0.3, -0.25) is 19.8 Å². The molecule has 13 heteroatoms. The van der Waals surface area contributed by atoms with Crippen LogP contribution in [0, 0.1) is 11.3 Å². The number of carboxylic acid groups (broad SMARTS) is 1. The minimum Gasteiger partial charge on any atom is -0.493 e. The number of carbonyl (C=O) groups excluding carboxylic acids is 1. The summed E-state index contributed by atoms with van der Waals surface area (Å²) in [4.78, 5) is 43.5. The van der Waals surface area contributed by atoms with Gasteiger partial charge in [-0.2, -0.15) is 0 Å². The fraction of sp³-hybridized carbons (Fsp3) is 0.545. The van der Waals surface area contributed by atoms with Crippen LogP contribution in [0.1, 0.15) is 66.9 Å². The van der Waals surface area contributed by atoms with Crippen LogP contribution in [0.5, 0.6) is 5.75 Å². The van der Waals surface area contributed by atoms with Crippen molar-refractivity contribution in [2.24, 2.45) is 11.3 Å². The Morgan fingerprint density at radius 1 is 1.15 bits per heavy atom. The van der Waals surface area contributed by atoms with Gasteiger partial charge in [-0.15, -0.1) is 0 Å². The molecule has 2 aliphatic rings. The lowest BCUT2D eigenvalue weighted by molar-refractivity contribution is -0.142. The number of anilines is 2. The van der Waals surface area contributed by atoms with Gasteiger partial charge in [0.1, 0.15) is 23.9 Å². The van der Waals surface area contributed by atoms with Gasteiger partial charge in [0.25, 0.3) is 5.91 Å². The molecule has 0 radical (unpaired) electrons. The van der Waals surface area contributed by atoms with Crippen molar-refractivity contribution >= 4 is 34.2 Å². The van der Waals surface area contributed by atoms with Crippen molar-refractivity contribution in [1.29, 1.82) is 0 Å². The van der Waals surface area contributed by atoms with Crippen LogP contribution in [0.2, 0.25) is 0 Å². The summed E-state index contributed by atoms with van der Waals surface area (Å²) < 4.78 is 25.0. The zero-order valence-electron chi connectivity index (χ0n) is 26.8. The summed E-state index contributed by atoms with van der Waals surface area (Å²) in [6.45, 7) is 8.61. The molecule has 5 rings (SSSR count). The maximum Gasteiger partial charge on any atom is 0.306 e. The Kier molecular flexibility index (Phi) is 11.2. The smallest absolute Gasteiger partial charge is 0.306 e. The number of methoxy groups -OCH3 is 1. The summed E-state index contributed by atoms with van der Waals surface area (Å²) in [5, 5.41) is 12.6. The number of likely N-dealkylation sites (tertiary alicyclic amines) is 1. The second-order valence-corrected chi connectivity index (χ2v) is 13.8. The highest BCUT2D eigenvalue weighted by molar-refractivity contribution is 7.16. The third kappa shape index (κ3) is 8.56. The van der Waals surface area contributed by atoms with Crippen LogP contribution in [0.25, 0.3) is 11.3 Å². The average Bonchev–Trinajstić information content (AvgIpc) is 3.44. The number of nitrogens with one attached hydrogen (secondary N) is 1. The third-order valence-electron chi connectivity index (χ3n) is 8.53. The van der Waals surface area contributed by atoms with Crippen molar-refractivity contribution in [3.63, 3.8) is 0 Å². The van der Waals surface area contributed by atoms with Crippen LogP contribution in [-0.2, 0) is 22.8 Å². The molecule has 2 aromatic heterocycles.